The second kappa shape index (κ2) is 5.80. The van der Waals surface area contributed by atoms with Crippen molar-refractivity contribution in [1.29, 1.82) is 0 Å². The fourth-order valence-corrected chi connectivity index (χ4v) is 6.75. The van der Waals surface area contributed by atoms with Crippen molar-refractivity contribution in [3.8, 4) is 0 Å². The third kappa shape index (κ3) is 2.45. The largest absolute Gasteiger partial charge is 0.348 e. The summed E-state index contributed by atoms with van der Waals surface area (Å²) in [6, 6.07) is 7.12. The van der Waals surface area contributed by atoms with Crippen LogP contribution in [-0.2, 0) is 21.3 Å². The zero-order chi connectivity index (χ0) is 18.1. The minimum atomic E-state index is -0.373. The molecule has 2 saturated heterocycles. The van der Waals surface area contributed by atoms with Gasteiger partial charge in [-0.1, -0.05) is 18.2 Å². The van der Waals surface area contributed by atoms with Gasteiger partial charge in [-0.2, -0.15) is 0 Å². The molecule has 1 aromatic rings. The lowest BCUT2D eigenvalue weighted by Crippen LogP contribution is -2.64. The topological polar surface area (TPSA) is 26.1 Å². The summed E-state index contributed by atoms with van der Waals surface area (Å²) < 4.78 is 12.4. The predicted molar refractivity (Wildman–Crippen MR) is 103 cm³/mol. The van der Waals surface area contributed by atoms with Crippen LogP contribution in [0.2, 0.25) is 0 Å². The Hall–Kier alpha value is -1.41. The quantitative estimate of drug-likeness (QED) is 0.740. The molecule has 2 saturated carbocycles. The molecule has 2 heterocycles. The van der Waals surface area contributed by atoms with Gasteiger partial charge in [-0.3, -0.25) is 4.90 Å². The summed E-state index contributed by atoms with van der Waals surface area (Å²) >= 11 is 0. The van der Waals surface area contributed by atoms with Crippen molar-refractivity contribution in [3.05, 3.63) is 40.7 Å². The zero-order valence-electron chi connectivity index (χ0n) is 16.0. The number of hydrogen-bond donors (Lipinski definition) is 0. The van der Waals surface area contributed by atoms with Crippen LogP contribution in [0.1, 0.15) is 49.7 Å². The SMILES string of the molecule is [C-]#[N+]c1ccc2c(c1)[C@]13CCN(CC4CC4)[C@H](C2)[C@@H]1CCC1(C3)OCCO1. The van der Waals surface area contributed by atoms with Gasteiger partial charge in [-0.25, -0.2) is 4.85 Å². The first-order chi connectivity index (χ1) is 13.2. The molecule has 2 bridgehead atoms. The molecule has 0 N–H and O–H groups in total. The van der Waals surface area contributed by atoms with Gasteiger partial charge < -0.3 is 9.47 Å². The standard InChI is InChI=1S/C23H28N2O2/c1-24-18-5-4-17-12-21-19-6-7-23(26-10-11-27-23)15-22(19,20(17)13-18)8-9-25(21)14-16-2-3-16/h4-5,13,16,19,21H,2-3,6-12,14-15H2/t19-,21+,22-/m0/s1. The molecule has 4 heteroatoms. The lowest BCUT2D eigenvalue weighted by molar-refractivity contribution is -0.213. The second-order valence-electron chi connectivity index (χ2n) is 9.50. The van der Waals surface area contributed by atoms with Crippen LogP contribution in [0.15, 0.2) is 18.2 Å². The van der Waals surface area contributed by atoms with Crippen molar-refractivity contribution in [3.63, 3.8) is 0 Å². The van der Waals surface area contributed by atoms with Crippen molar-refractivity contribution < 1.29 is 9.47 Å². The van der Waals surface area contributed by atoms with Crippen LogP contribution in [0.4, 0.5) is 5.69 Å². The third-order valence-corrected chi connectivity index (χ3v) is 8.10. The normalized spacial score (nSPS) is 36.9. The van der Waals surface area contributed by atoms with E-state index >= 15 is 0 Å². The number of ether oxygens (including phenoxy) is 2. The summed E-state index contributed by atoms with van der Waals surface area (Å²) in [5.74, 6) is 1.25. The average Bonchev–Trinajstić information content (AvgIpc) is 3.41. The lowest BCUT2D eigenvalue weighted by atomic mass is 9.51. The van der Waals surface area contributed by atoms with E-state index in [2.05, 4.69) is 21.9 Å². The van der Waals surface area contributed by atoms with Gasteiger partial charge in [0.15, 0.2) is 11.5 Å². The summed E-state index contributed by atoms with van der Waals surface area (Å²) in [7, 11) is 0. The smallest absolute Gasteiger partial charge is 0.187 e. The summed E-state index contributed by atoms with van der Waals surface area (Å²) in [5.41, 5.74) is 3.83. The Morgan fingerprint density at radius 3 is 2.78 bits per heavy atom. The second-order valence-corrected chi connectivity index (χ2v) is 9.50. The van der Waals surface area contributed by atoms with E-state index in [0.717, 1.165) is 44.1 Å². The van der Waals surface area contributed by atoms with Crippen LogP contribution < -0.4 is 0 Å². The van der Waals surface area contributed by atoms with E-state index in [1.807, 2.05) is 6.07 Å². The first kappa shape index (κ1) is 16.5. The molecule has 3 atom stereocenters. The number of benzene rings is 1. The monoisotopic (exact) mass is 364 g/mol. The van der Waals surface area contributed by atoms with Gasteiger partial charge in [-0.05, 0) is 61.6 Å². The van der Waals surface area contributed by atoms with Crippen LogP contribution in [0, 0.1) is 18.4 Å². The number of fused-ring (bicyclic) bond motifs is 1. The molecule has 0 radical (unpaired) electrons. The van der Waals surface area contributed by atoms with Crippen LogP contribution in [0.5, 0.6) is 0 Å². The molecule has 0 aromatic heterocycles. The van der Waals surface area contributed by atoms with E-state index in [4.69, 9.17) is 16.0 Å². The minimum Gasteiger partial charge on any atom is -0.348 e. The van der Waals surface area contributed by atoms with E-state index < -0.39 is 0 Å². The number of nitrogens with zero attached hydrogens (tertiary/aromatic N) is 2. The molecule has 1 aromatic carbocycles. The zero-order valence-corrected chi connectivity index (χ0v) is 16.0. The first-order valence-electron chi connectivity index (χ1n) is 10.7. The number of likely N-dealkylation sites (tertiary alicyclic amines) is 1. The Morgan fingerprint density at radius 2 is 2.00 bits per heavy atom. The van der Waals surface area contributed by atoms with Crippen molar-refractivity contribution in [2.24, 2.45) is 11.8 Å². The van der Waals surface area contributed by atoms with Gasteiger partial charge in [-0.15, -0.1) is 0 Å². The average molecular weight is 364 g/mol. The molecule has 27 heavy (non-hydrogen) atoms. The van der Waals surface area contributed by atoms with E-state index in [0.29, 0.717) is 12.0 Å². The van der Waals surface area contributed by atoms with Gasteiger partial charge in [0, 0.05) is 30.8 Å². The maximum absolute atomic E-state index is 7.51. The molecular formula is C23H28N2O2. The molecule has 0 amide bonds. The summed E-state index contributed by atoms with van der Waals surface area (Å²) in [4.78, 5) is 6.57. The Labute approximate surface area is 161 Å². The van der Waals surface area contributed by atoms with E-state index in [1.54, 1.807) is 0 Å². The Balaban J connectivity index is 1.45. The molecule has 0 unspecified atom stereocenters. The molecular weight excluding hydrogens is 336 g/mol. The molecule has 3 aliphatic carbocycles. The molecule has 6 rings (SSSR count). The van der Waals surface area contributed by atoms with Gasteiger partial charge in [0.1, 0.15) is 0 Å². The molecule has 4 nitrogen and oxygen atoms in total. The van der Waals surface area contributed by atoms with Crippen molar-refractivity contribution in [2.45, 2.75) is 62.2 Å². The Kier molecular flexibility index (Phi) is 3.55. The number of hydrogen-bond acceptors (Lipinski definition) is 3. The highest BCUT2D eigenvalue weighted by Crippen LogP contribution is 2.59. The Bertz CT molecular complexity index is 805. The van der Waals surface area contributed by atoms with Gasteiger partial charge in [0.05, 0.1) is 19.8 Å². The van der Waals surface area contributed by atoms with E-state index in [9.17, 15) is 0 Å². The number of piperidine rings is 1. The first-order valence-corrected chi connectivity index (χ1v) is 10.7. The van der Waals surface area contributed by atoms with Crippen molar-refractivity contribution in [1.82, 2.24) is 4.90 Å². The molecule has 5 aliphatic rings. The highest BCUT2D eigenvalue weighted by Gasteiger charge is 2.60. The summed E-state index contributed by atoms with van der Waals surface area (Å²) in [6.45, 7) is 11.5. The molecule has 2 aliphatic heterocycles. The molecule has 1 spiro atoms. The van der Waals surface area contributed by atoms with Crippen LogP contribution >= 0.6 is 0 Å². The van der Waals surface area contributed by atoms with Gasteiger partial charge >= 0.3 is 0 Å². The highest BCUT2D eigenvalue weighted by molar-refractivity contribution is 5.54. The van der Waals surface area contributed by atoms with E-state index in [1.165, 1.54) is 49.9 Å². The summed E-state index contributed by atoms with van der Waals surface area (Å²) in [5, 5.41) is 0. The van der Waals surface area contributed by atoms with Gasteiger partial charge in [0.2, 0.25) is 0 Å². The van der Waals surface area contributed by atoms with Crippen molar-refractivity contribution >= 4 is 5.69 Å². The maximum atomic E-state index is 7.51. The fourth-order valence-electron chi connectivity index (χ4n) is 6.75. The lowest BCUT2D eigenvalue weighted by Gasteiger charge is -2.61. The van der Waals surface area contributed by atoms with Crippen molar-refractivity contribution in [2.75, 3.05) is 26.3 Å². The van der Waals surface area contributed by atoms with E-state index in [-0.39, 0.29) is 11.2 Å². The van der Waals surface area contributed by atoms with Gasteiger partial charge in [0.25, 0.3) is 0 Å². The van der Waals surface area contributed by atoms with Crippen LogP contribution in [0.3, 0.4) is 0 Å². The van der Waals surface area contributed by atoms with Crippen LogP contribution in [-0.4, -0.2) is 43.0 Å². The fraction of sp³-hybridized carbons (Fsp3) is 0.696. The third-order valence-electron chi connectivity index (χ3n) is 8.10. The van der Waals surface area contributed by atoms with Crippen LogP contribution in [0.25, 0.3) is 4.85 Å². The summed E-state index contributed by atoms with van der Waals surface area (Å²) in [6.07, 6.45) is 8.39. The molecule has 142 valence electrons. The maximum Gasteiger partial charge on any atom is 0.187 e. The number of rotatable bonds is 2. The highest BCUT2D eigenvalue weighted by atomic mass is 16.7. The molecule has 4 fully saturated rings. The minimum absolute atomic E-state index is 0.127. The Morgan fingerprint density at radius 1 is 1.15 bits per heavy atom. The predicted octanol–water partition coefficient (Wildman–Crippen LogP) is 4.06.